The number of ketones is 1. The molecule has 0 bridgehead atoms. The average Bonchev–Trinajstić information content (AvgIpc) is 2.79. The molecule has 0 aliphatic heterocycles. The fourth-order valence-corrected chi connectivity index (χ4v) is 2.32. The Labute approximate surface area is 121 Å². The number of benzene rings is 1. The van der Waals surface area contributed by atoms with Crippen LogP contribution in [0.15, 0.2) is 36.4 Å². The zero-order valence-electron chi connectivity index (χ0n) is 11.1. The van der Waals surface area contributed by atoms with Gasteiger partial charge < -0.3 is 9.67 Å². The van der Waals surface area contributed by atoms with Crippen LogP contribution in [0.4, 0.5) is 0 Å². The van der Waals surface area contributed by atoms with Crippen LogP contribution in [0.25, 0.3) is 0 Å². The first-order valence-corrected chi connectivity index (χ1v) is 6.49. The Balaban J connectivity index is 2.43. The van der Waals surface area contributed by atoms with E-state index in [1.807, 2.05) is 0 Å². The molecule has 4 nitrogen and oxygen atoms in total. The molecule has 104 valence electrons. The molecule has 0 radical (unpaired) electrons. The summed E-state index contributed by atoms with van der Waals surface area (Å²) in [6.45, 7) is 1.58. The van der Waals surface area contributed by atoms with E-state index in [0.717, 1.165) is 0 Å². The molecule has 20 heavy (non-hydrogen) atoms. The van der Waals surface area contributed by atoms with E-state index in [9.17, 15) is 9.59 Å². The molecule has 2 aromatic rings. The first-order valence-electron chi connectivity index (χ1n) is 6.11. The Morgan fingerprint density at radius 1 is 1.20 bits per heavy atom. The van der Waals surface area contributed by atoms with Crippen molar-refractivity contribution in [2.75, 3.05) is 0 Å². The summed E-state index contributed by atoms with van der Waals surface area (Å²) in [7, 11) is 1.68. The number of hydrogen-bond acceptors (Lipinski definition) is 2. The lowest BCUT2D eigenvalue weighted by molar-refractivity contribution is -0.138. The number of halogens is 1. The second kappa shape index (κ2) is 5.51. The lowest BCUT2D eigenvalue weighted by Crippen LogP contribution is -2.15. The van der Waals surface area contributed by atoms with Gasteiger partial charge in [-0.25, -0.2) is 0 Å². The summed E-state index contributed by atoms with van der Waals surface area (Å²) in [4.78, 5) is 23.5. The molecule has 1 N–H and O–H groups in total. The van der Waals surface area contributed by atoms with Crippen molar-refractivity contribution in [2.24, 2.45) is 7.05 Å². The van der Waals surface area contributed by atoms with E-state index in [4.69, 9.17) is 16.7 Å². The third-order valence-electron chi connectivity index (χ3n) is 3.33. The number of carbonyl (C=O) groups excluding carboxylic acids is 1. The van der Waals surface area contributed by atoms with Crippen LogP contribution in [0.2, 0.25) is 5.02 Å². The third-order valence-corrected chi connectivity index (χ3v) is 3.66. The largest absolute Gasteiger partial charge is 0.481 e. The smallest absolute Gasteiger partial charge is 0.312 e. The van der Waals surface area contributed by atoms with Gasteiger partial charge in [-0.05, 0) is 31.2 Å². The molecule has 0 aliphatic rings. The first-order chi connectivity index (χ1) is 9.43. The molecule has 0 saturated heterocycles. The van der Waals surface area contributed by atoms with Gasteiger partial charge in [0.25, 0.3) is 0 Å². The van der Waals surface area contributed by atoms with Crippen molar-refractivity contribution < 1.29 is 14.7 Å². The van der Waals surface area contributed by atoms with Gasteiger partial charge in [-0.15, -0.1) is 0 Å². The SMILES string of the molecule is CC(C(=O)O)c1ccc(C(=O)c2ccccc2Cl)n1C. The maximum Gasteiger partial charge on any atom is 0.312 e. The summed E-state index contributed by atoms with van der Waals surface area (Å²) < 4.78 is 1.60. The minimum absolute atomic E-state index is 0.220. The summed E-state index contributed by atoms with van der Waals surface area (Å²) in [5, 5.41) is 9.43. The topological polar surface area (TPSA) is 59.3 Å². The quantitative estimate of drug-likeness (QED) is 0.881. The van der Waals surface area contributed by atoms with Gasteiger partial charge in [-0.2, -0.15) is 0 Å². The van der Waals surface area contributed by atoms with Crippen molar-refractivity contribution in [2.45, 2.75) is 12.8 Å². The van der Waals surface area contributed by atoms with Crippen LogP contribution in [0.3, 0.4) is 0 Å². The van der Waals surface area contributed by atoms with Crippen LogP contribution < -0.4 is 0 Å². The van der Waals surface area contributed by atoms with E-state index >= 15 is 0 Å². The maximum absolute atomic E-state index is 12.4. The maximum atomic E-state index is 12.4. The molecule has 2 rings (SSSR count). The summed E-state index contributed by atoms with van der Waals surface area (Å²) in [5.41, 5.74) is 1.40. The van der Waals surface area contributed by atoms with Crippen molar-refractivity contribution in [3.63, 3.8) is 0 Å². The second-order valence-corrected chi connectivity index (χ2v) is 4.98. The number of carbonyl (C=O) groups is 2. The van der Waals surface area contributed by atoms with E-state index in [1.54, 1.807) is 54.9 Å². The number of rotatable bonds is 4. The molecule has 0 fully saturated rings. The van der Waals surface area contributed by atoms with Gasteiger partial charge >= 0.3 is 5.97 Å². The van der Waals surface area contributed by atoms with E-state index in [0.29, 0.717) is 22.0 Å². The molecule has 0 aliphatic carbocycles. The van der Waals surface area contributed by atoms with E-state index < -0.39 is 11.9 Å². The highest BCUT2D eigenvalue weighted by molar-refractivity contribution is 6.34. The molecule has 1 aromatic carbocycles. The summed E-state index contributed by atoms with van der Waals surface area (Å²) in [5.74, 6) is -1.82. The van der Waals surface area contributed by atoms with Crippen LogP contribution in [0, 0.1) is 0 Å². The Morgan fingerprint density at radius 3 is 2.45 bits per heavy atom. The van der Waals surface area contributed by atoms with Crippen LogP contribution in [0.5, 0.6) is 0 Å². The predicted octanol–water partition coefficient (Wildman–Crippen LogP) is 3.10. The van der Waals surface area contributed by atoms with Crippen LogP contribution in [-0.2, 0) is 11.8 Å². The summed E-state index contributed by atoms with van der Waals surface area (Å²) >= 11 is 6.02. The highest BCUT2D eigenvalue weighted by Gasteiger charge is 2.22. The van der Waals surface area contributed by atoms with Gasteiger partial charge in [0.05, 0.1) is 16.6 Å². The normalized spacial score (nSPS) is 12.2. The van der Waals surface area contributed by atoms with E-state index in [1.165, 1.54) is 0 Å². The van der Waals surface area contributed by atoms with Crippen LogP contribution >= 0.6 is 11.6 Å². The molecular weight excluding hydrogens is 278 g/mol. The van der Waals surface area contributed by atoms with Crippen LogP contribution in [0.1, 0.15) is 34.6 Å². The Kier molecular flexibility index (Phi) is 3.95. The number of aliphatic carboxylic acids is 1. The van der Waals surface area contributed by atoms with Crippen LogP contribution in [-0.4, -0.2) is 21.4 Å². The van der Waals surface area contributed by atoms with Gasteiger partial charge in [0.2, 0.25) is 5.78 Å². The minimum atomic E-state index is -0.928. The number of carboxylic acids is 1. The van der Waals surface area contributed by atoms with Gasteiger partial charge in [0.1, 0.15) is 0 Å². The number of hydrogen-bond donors (Lipinski definition) is 1. The van der Waals surface area contributed by atoms with Gasteiger partial charge in [-0.3, -0.25) is 9.59 Å². The zero-order chi connectivity index (χ0) is 14.9. The Morgan fingerprint density at radius 2 is 1.85 bits per heavy atom. The standard InChI is InChI=1S/C15H14ClNO3/c1-9(15(19)20)12-7-8-13(17(12)2)14(18)10-5-3-4-6-11(10)16/h3-9H,1-2H3,(H,19,20). The Hall–Kier alpha value is -2.07. The van der Waals surface area contributed by atoms with Gasteiger partial charge in [0.15, 0.2) is 0 Å². The number of aromatic nitrogens is 1. The molecule has 0 spiro atoms. The molecule has 1 aromatic heterocycles. The van der Waals surface area contributed by atoms with Crippen molar-refractivity contribution in [3.05, 3.63) is 58.4 Å². The monoisotopic (exact) mass is 291 g/mol. The highest BCUT2D eigenvalue weighted by Crippen LogP contribution is 2.23. The second-order valence-electron chi connectivity index (χ2n) is 4.57. The molecule has 1 heterocycles. The molecule has 1 unspecified atom stereocenters. The van der Waals surface area contributed by atoms with Gasteiger partial charge in [0, 0.05) is 18.3 Å². The minimum Gasteiger partial charge on any atom is -0.481 e. The fourth-order valence-electron chi connectivity index (χ4n) is 2.10. The number of nitrogens with zero attached hydrogens (tertiary/aromatic N) is 1. The first kappa shape index (κ1) is 14.3. The van der Waals surface area contributed by atoms with E-state index in [2.05, 4.69) is 0 Å². The molecule has 1 atom stereocenters. The molecule has 0 amide bonds. The molecule has 5 heteroatoms. The molecular formula is C15H14ClNO3. The highest BCUT2D eigenvalue weighted by atomic mass is 35.5. The predicted molar refractivity (Wildman–Crippen MR) is 76.3 cm³/mol. The summed E-state index contributed by atoms with van der Waals surface area (Å²) in [6, 6.07) is 10.1. The number of carboxylic acid groups (broad SMARTS) is 1. The third kappa shape index (κ3) is 2.47. The summed E-state index contributed by atoms with van der Waals surface area (Å²) in [6.07, 6.45) is 0. The molecule has 0 saturated carbocycles. The van der Waals surface area contributed by atoms with Crippen molar-refractivity contribution in [3.8, 4) is 0 Å². The van der Waals surface area contributed by atoms with Crippen molar-refractivity contribution in [1.82, 2.24) is 4.57 Å². The fraction of sp³-hybridized carbons (Fsp3) is 0.200. The van der Waals surface area contributed by atoms with E-state index in [-0.39, 0.29) is 5.78 Å². The average molecular weight is 292 g/mol. The lowest BCUT2D eigenvalue weighted by atomic mass is 10.1. The Bertz CT molecular complexity index is 676. The van der Waals surface area contributed by atoms with Gasteiger partial charge in [-0.1, -0.05) is 23.7 Å². The van der Waals surface area contributed by atoms with Crippen molar-refractivity contribution >= 4 is 23.4 Å². The zero-order valence-corrected chi connectivity index (χ0v) is 11.9. The van der Waals surface area contributed by atoms with Crippen molar-refractivity contribution in [1.29, 1.82) is 0 Å². The lowest BCUT2D eigenvalue weighted by Gasteiger charge is -2.10.